The molecule has 2 heterocycles. The van der Waals surface area contributed by atoms with Gasteiger partial charge in [0.1, 0.15) is 6.26 Å². The van der Waals surface area contributed by atoms with Crippen molar-refractivity contribution < 1.29 is 19.1 Å². The third kappa shape index (κ3) is 4.12. The summed E-state index contributed by atoms with van der Waals surface area (Å²) in [4.78, 5) is 17.0. The zero-order valence-corrected chi connectivity index (χ0v) is 10.3. The van der Waals surface area contributed by atoms with Gasteiger partial charge in [-0.1, -0.05) is 0 Å². The SMILES string of the molecule is O=C(O)CCc1coc(CCN2CCOCC2)n1. The molecular weight excluding hydrogens is 236 g/mol. The predicted octanol–water partition coefficient (Wildman–Crippen LogP) is 0.567. The lowest BCUT2D eigenvalue weighted by Crippen LogP contribution is -2.37. The van der Waals surface area contributed by atoms with Crippen LogP contribution in [-0.2, 0) is 22.4 Å². The minimum Gasteiger partial charge on any atom is -0.481 e. The van der Waals surface area contributed by atoms with Crippen LogP contribution in [0.2, 0.25) is 0 Å². The van der Waals surface area contributed by atoms with Crippen molar-refractivity contribution in [3.05, 3.63) is 17.8 Å². The van der Waals surface area contributed by atoms with Gasteiger partial charge >= 0.3 is 5.97 Å². The van der Waals surface area contributed by atoms with Crippen LogP contribution in [0.15, 0.2) is 10.7 Å². The number of aliphatic carboxylic acids is 1. The highest BCUT2D eigenvalue weighted by Gasteiger charge is 2.12. The van der Waals surface area contributed by atoms with Crippen LogP contribution >= 0.6 is 0 Å². The summed E-state index contributed by atoms with van der Waals surface area (Å²) in [6.07, 6.45) is 2.83. The lowest BCUT2D eigenvalue weighted by atomic mass is 10.2. The lowest BCUT2D eigenvalue weighted by Gasteiger charge is -2.25. The minimum atomic E-state index is -0.812. The zero-order chi connectivity index (χ0) is 12.8. The maximum absolute atomic E-state index is 10.4. The number of morpholine rings is 1. The van der Waals surface area contributed by atoms with Gasteiger partial charge < -0.3 is 14.3 Å². The summed E-state index contributed by atoms with van der Waals surface area (Å²) >= 11 is 0. The van der Waals surface area contributed by atoms with Gasteiger partial charge in [0.05, 0.1) is 25.3 Å². The van der Waals surface area contributed by atoms with Crippen LogP contribution in [0.1, 0.15) is 18.0 Å². The van der Waals surface area contributed by atoms with Crippen LogP contribution in [0.25, 0.3) is 0 Å². The van der Waals surface area contributed by atoms with E-state index in [0.717, 1.165) is 45.0 Å². The Balaban J connectivity index is 1.73. The molecule has 2 rings (SSSR count). The molecule has 0 radical (unpaired) electrons. The number of carbonyl (C=O) groups is 1. The normalized spacial score (nSPS) is 16.9. The summed E-state index contributed by atoms with van der Waals surface area (Å²) < 4.78 is 10.6. The molecule has 0 unspecified atom stereocenters. The van der Waals surface area contributed by atoms with Crippen LogP contribution in [-0.4, -0.2) is 53.8 Å². The largest absolute Gasteiger partial charge is 0.481 e. The summed E-state index contributed by atoms with van der Waals surface area (Å²) in [7, 11) is 0. The number of aromatic nitrogens is 1. The maximum atomic E-state index is 10.4. The second kappa shape index (κ2) is 6.51. The molecular formula is C12H18N2O4. The van der Waals surface area contributed by atoms with Crippen LogP contribution in [0.5, 0.6) is 0 Å². The van der Waals surface area contributed by atoms with E-state index >= 15 is 0 Å². The van der Waals surface area contributed by atoms with Crippen molar-refractivity contribution in [3.63, 3.8) is 0 Å². The molecule has 1 saturated heterocycles. The van der Waals surface area contributed by atoms with Gasteiger partial charge in [0, 0.05) is 32.5 Å². The molecule has 0 spiro atoms. The molecule has 1 fully saturated rings. The van der Waals surface area contributed by atoms with Crippen molar-refractivity contribution in [1.29, 1.82) is 0 Å². The summed E-state index contributed by atoms with van der Waals surface area (Å²) in [6.45, 7) is 4.38. The standard InChI is InChI=1S/C12H18N2O4/c15-12(16)2-1-10-9-18-11(13-10)3-4-14-5-7-17-8-6-14/h9H,1-8H2,(H,15,16). The fraction of sp³-hybridized carbons (Fsp3) is 0.667. The first-order valence-corrected chi connectivity index (χ1v) is 6.19. The van der Waals surface area contributed by atoms with Crippen LogP contribution in [0.4, 0.5) is 0 Å². The molecule has 0 aliphatic carbocycles. The lowest BCUT2D eigenvalue weighted by molar-refractivity contribution is -0.136. The Morgan fingerprint density at radius 2 is 2.17 bits per heavy atom. The highest BCUT2D eigenvalue weighted by molar-refractivity contribution is 5.66. The molecule has 6 heteroatoms. The van der Waals surface area contributed by atoms with Gasteiger partial charge in [-0.2, -0.15) is 0 Å². The smallest absolute Gasteiger partial charge is 0.303 e. The van der Waals surface area contributed by atoms with Gasteiger partial charge in [0.2, 0.25) is 0 Å². The molecule has 1 N–H and O–H groups in total. The van der Waals surface area contributed by atoms with Gasteiger partial charge in [-0.05, 0) is 0 Å². The van der Waals surface area contributed by atoms with E-state index in [0.29, 0.717) is 12.3 Å². The van der Waals surface area contributed by atoms with Crippen LogP contribution in [0, 0.1) is 0 Å². The summed E-state index contributed by atoms with van der Waals surface area (Å²) in [6, 6.07) is 0. The molecule has 18 heavy (non-hydrogen) atoms. The number of rotatable bonds is 6. The highest BCUT2D eigenvalue weighted by Crippen LogP contribution is 2.07. The predicted molar refractivity (Wildman–Crippen MR) is 63.4 cm³/mol. The number of aryl methyl sites for hydroxylation is 1. The molecule has 100 valence electrons. The number of carboxylic acid groups (broad SMARTS) is 1. The van der Waals surface area contributed by atoms with E-state index in [2.05, 4.69) is 9.88 Å². The molecule has 1 aliphatic rings. The van der Waals surface area contributed by atoms with E-state index in [1.807, 2.05) is 0 Å². The van der Waals surface area contributed by atoms with Gasteiger partial charge in [0.25, 0.3) is 0 Å². The van der Waals surface area contributed by atoms with Crippen molar-refractivity contribution in [1.82, 2.24) is 9.88 Å². The van der Waals surface area contributed by atoms with Crippen molar-refractivity contribution in [2.45, 2.75) is 19.3 Å². The number of oxazole rings is 1. The summed E-state index contributed by atoms with van der Waals surface area (Å²) in [5.74, 6) is -0.130. The number of ether oxygens (including phenoxy) is 1. The monoisotopic (exact) mass is 254 g/mol. The topological polar surface area (TPSA) is 75.8 Å². The molecule has 0 amide bonds. The first-order chi connectivity index (χ1) is 8.74. The zero-order valence-electron chi connectivity index (χ0n) is 10.3. The Bertz CT molecular complexity index is 385. The first kappa shape index (κ1) is 13.0. The van der Waals surface area contributed by atoms with Crippen molar-refractivity contribution in [3.8, 4) is 0 Å². The molecule has 0 aromatic carbocycles. The van der Waals surface area contributed by atoms with Gasteiger partial charge in [0.15, 0.2) is 5.89 Å². The molecule has 0 bridgehead atoms. The van der Waals surface area contributed by atoms with E-state index < -0.39 is 5.97 Å². The van der Waals surface area contributed by atoms with E-state index in [1.54, 1.807) is 6.26 Å². The summed E-state index contributed by atoms with van der Waals surface area (Å²) in [5.41, 5.74) is 0.717. The molecule has 6 nitrogen and oxygen atoms in total. The Morgan fingerprint density at radius 3 is 2.89 bits per heavy atom. The van der Waals surface area contributed by atoms with Crippen molar-refractivity contribution >= 4 is 5.97 Å². The fourth-order valence-electron chi connectivity index (χ4n) is 1.89. The van der Waals surface area contributed by atoms with Gasteiger partial charge in [-0.3, -0.25) is 9.69 Å². The summed E-state index contributed by atoms with van der Waals surface area (Å²) in [5, 5.41) is 8.58. The molecule has 0 atom stereocenters. The van der Waals surface area contributed by atoms with Crippen LogP contribution < -0.4 is 0 Å². The average molecular weight is 254 g/mol. The quantitative estimate of drug-likeness (QED) is 0.799. The van der Waals surface area contributed by atoms with E-state index in [-0.39, 0.29) is 6.42 Å². The Labute approximate surface area is 106 Å². The molecule has 1 aromatic heterocycles. The van der Waals surface area contributed by atoms with E-state index in [4.69, 9.17) is 14.3 Å². The van der Waals surface area contributed by atoms with E-state index in [9.17, 15) is 4.79 Å². The molecule has 1 aliphatic heterocycles. The number of hydrogen-bond donors (Lipinski definition) is 1. The number of carboxylic acids is 1. The van der Waals surface area contributed by atoms with Gasteiger partial charge in [-0.25, -0.2) is 4.98 Å². The minimum absolute atomic E-state index is 0.0927. The average Bonchev–Trinajstić information content (AvgIpc) is 2.83. The number of nitrogens with zero attached hydrogens (tertiary/aromatic N) is 2. The number of hydrogen-bond acceptors (Lipinski definition) is 5. The second-order valence-corrected chi connectivity index (χ2v) is 4.33. The maximum Gasteiger partial charge on any atom is 0.303 e. The van der Waals surface area contributed by atoms with Gasteiger partial charge in [-0.15, -0.1) is 0 Å². The highest BCUT2D eigenvalue weighted by atomic mass is 16.5. The fourth-order valence-corrected chi connectivity index (χ4v) is 1.89. The third-order valence-corrected chi connectivity index (χ3v) is 2.94. The van der Waals surface area contributed by atoms with Crippen molar-refractivity contribution in [2.24, 2.45) is 0 Å². The first-order valence-electron chi connectivity index (χ1n) is 6.19. The Hall–Kier alpha value is -1.40. The van der Waals surface area contributed by atoms with Crippen molar-refractivity contribution in [2.75, 3.05) is 32.8 Å². The third-order valence-electron chi connectivity index (χ3n) is 2.94. The van der Waals surface area contributed by atoms with Crippen LogP contribution in [0.3, 0.4) is 0 Å². The Kier molecular flexibility index (Phi) is 4.72. The van der Waals surface area contributed by atoms with E-state index in [1.165, 1.54) is 0 Å². The molecule has 1 aromatic rings. The Morgan fingerprint density at radius 1 is 1.39 bits per heavy atom. The molecule has 0 saturated carbocycles. The second-order valence-electron chi connectivity index (χ2n) is 4.33.